The van der Waals surface area contributed by atoms with Crippen molar-refractivity contribution in [2.75, 3.05) is 0 Å². The van der Waals surface area contributed by atoms with Crippen LogP contribution in [-0.2, 0) is 0 Å². The van der Waals surface area contributed by atoms with Crippen LogP contribution in [0.4, 0.5) is 0 Å². The van der Waals surface area contributed by atoms with Crippen molar-refractivity contribution in [3.8, 4) is 0 Å². The maximum Gasteiger partial charge on any atom is 0.0302 e. The minimum absolute atomic E-state index is 0.889. The molecule has 1 fully saturated rings. The Morgan fingerprint density at radius 3 is 2.14 bits per heavy atom. The molecule has 1 aliphatic rings. The van der Waals surface area contributed by atoms with Crippen LogP contribution in [0.15, 0.2) is 0 Å². The highest BCUT2D eigenvalue weighted by Crippen LogP contribution is 2.28. The molecule has 0 spiro atoms. The van der Waals surface area contributed by atoms with Crippen molar-refractivity contribution in [2.24, 2.45) is 5.92 Å². The molecule has 0 unspecified atom stereocenters. The van der Waals surface area contributed by atoms with Crippen LogP contribution < -0.4 is 0 Å². The molecule has 0 aromatic heterocycles. The van der Waals surface area contributed by atoms with E-state index in [1.165, 1.54) is 25.7 Å². The Morgan fingerprint density at radius 2 is 1.86 bits per heavy atom. The third kappa shape index (κ3) is 1.45. The van der Waals surface area contributed by atoms with Crippen LogP contribution in [0.25, 0.3) is 0 Å². The van der Waals surface area contributed by atoms with Crippen LogP contribution in [-0.4, -0.2) is 0 Å². The fourth-order valence-electron chi connectivity index (χ4n) is 1.08. The zero-order chi connectivity index (χ0) is 5.11. The van der Waals surface area contributed by atoms with Gasteiger partial charge in [-0.3, -0.25) is 0 Å². The molecule has 0 amide bonds. The van der Waals surface area contributed by atoms with Gasteiger partial charge in [0.25, 0.3) is 0 Å². The monoisotopic (exact) mass is 161 g/mol. The first-order valence-corrected chi connectivity index (χ1v) is 3.78. The van der Waals surface area contributed by atoms with Crippen molar-refractivity contribution in [1.29, 1.82) is 0 Å². The third-order valence-electron chi connectivity index (χ3n) is 1.58. The van der Waals surface area contributed by atoms with E-state index in [0.717, 1.165) is 5.92 Å². The molecule has 0 heterocycles. The predicted octanol–water partition coefficient (Wildman–Crippen LogP) is 2.73. The highest BCUT2D eigenvalue weighted by atomic mass is 79.9. The molecule has 0 aromatic carbocycles. The molecule has 0 aromatic rings. The van der Waals surface area contributed by atoms with E-state index in [0.29, 0.717) is 0 Å². The van der Waals surface area contributed by atoms with Gasteiger partial charge in [0, 0.05) is 5.33 Å². The van der Waals surface area contributed by atoms with Crippen LogP contribution in [0, 0.1) is 11.2 Å². The van der Waals surface area contributed by atoms with Crippen LogP contribution in [0.1, 0.15) is 25.7 Å². The van der Waals surface area contributed by atoms with E-state index < -0.39 is 0 Å². The smallest absolute Gasteiger partial charge is 0.0302 e. The summed E-state index contributed by atoms with van der Waals surface area (Å²) in [6.07, 6.45) is 5.69. The fourth-order valence-corrected chi connectivity index (χ4v) is 1.61. The summed E-state index contributed by atoms with van der Waals surface area (Å²) < 4.78 is 0. The fraction of sp³-hybridized carbons (Fsp3) is 0.833. The number of halogens is 1. The average molecular weight is 162 g/mol. The first kappa shape index (κ1) is 5.61. The van der Waals surface area contributed by atoms with Crippen molar-refractivity contribution in [3.05, 3.63) is 5.33 Å². The molecule has 1 rings (SSSR count). The van der Waals surface area contributed by atoms with Crippen LogP contribution >= 0.6 is 15.9 Å². The number of hydrogen-bond donors (Lipinski definition) is 0. The van der Waals surface area contributed by atoms with E-state index in [4.69, 9.17) is 0 Å². The normalized spacial score (nSPS) is 23.6. The summed E-state index contributed by atoms with van der Waals surface area (Å²) in [4.78, 5) is 0. The van der Waals surface area contributed by atoms with E-state index in [9.17, 15) is 0 Å². The molecule has 1 aliphatic carbocycles. The lowest BCUT2D eigenvalue weighted by atomic mass is 10.1. The van der Waals surface area contributed by atoms with Gasteiger partial charge in [0.1, 0.15) is 0 Å². The summed E-state index contributed by atoms with van der Waals surface area (Å²) in [6.45, 7) is 0. The molecule has 0 bridgehead atoms. The van der Waals surface area contributed by atoms with Gasteiger partial charge in [-0.05, 0) is 18.8 Å². The lowest BCUT2D eigenvalue weighted by Crippen LogP contribution is -1.85. The molecule has 1 saturated carbocycles. The van der Waals surface area contributed by atoms with Gasteiger partial charge in [0.2, 0.25) is 0 Å². The molecule has 0 N–H and O–H groups in total. The van der Waals surface area contributed by atoms with Gasteiger partial charge in [-0.15, -0.1) is 0 Å². The van der Waals surface area contributed by atoms with E-state index in [-0.39, 0.29) is 0 Å². The van der Waals surface area contributed by atoms with Crippen LogP contribution in [0.2, 0.25) is 0 Å². The molecule has 1 heteroatoms. The SMILES string of the molecule is Br[CH]C1CCCC1. The van der Waals surface area contributed by atoms with Crippen molar-refractivity contribution >= 4 is 15.9 Å². The molecule has 0 aliphatic heterocycles. The highest BCUT2D eigenvalue weighted by Gasteiger charge is 2.12. The molecule has 0 saturated heterocycles. The number of rotatable bonds is 1. The second-order valence-corrected chi connectivity index (χ2v) is 2.70. The van der Waals surface area contributed by atoms with E-state index >= 15 is 0 Å². The molecule has 1 radical (unpaired) electrons. The van der Waals surface area contributed by atoms with E-state index in [1.54, 1.807) is 0 Å². The molecule has 7 heavy (non-hydrogen) atoms. The van der Waals surface area contributed by atoms with E-state index in [1.807, 2.05) is 0 Å². The van der Waals surface area contributed by atoms with E-state index in [2.05, 4.69) is 21.3 Å². The Balaban J connectivity index is 2.14. The highest BCUT2D eigenvalue weighted by molar-refractivity contribution is 9.10. The molecule has 41 valence electrons. The van der Waals surface area contributed by atoms with Crippen LogP contribution in [0.3, 0.4) is 0 Å². The summed E-state index contributed by atoms with van der Waals surface area (Å²) in [5.41, 5.74) is 0. The summed E-state index contributed by atoms with van der Waals surface area (Å²) >= 11 is 3.35. The Morgan fingerprint density at radius 1 is 1.29 bits per heavy atom. The van der Waals surface area contributed by atoms with Gasteiger partial charge in [-0.1, -0.05) is 28.8 Å². The quantitative estimate of drug-likeness (QED) is 0.556. The third-order valence-corrected chi connectivity index (χ3v) is 2.33. The average Bonchev–Trinajstić information content (AvgIpc) is 2.14. The van der Waals surface area contributed by atoms with Gasteiger partial charge in [-0.25, -0.2) is 0 Å². The van der Waals surface area contributed by atoms with Crippen LogP contribution in [0.5, 0.6) is 0 Å². The first-order valence-electron chi connectivity index (χ1n) is 2.87. The van der Waals surface area contributed by atoms with Crippen molar-refractivity contribution in [1.82, 2.24) is 0 Å². The van der Waals surface area contributed by atoms with Crippen molar-refractivity contribution in [3.63, 3.8) is 0 Å². The lowest BCUT2D eigenvalue weighted by Gasteiger charge is -1.97. The summed E-state index contributed by atoms with van der Waals surface area (Å²) in [5, 5.41) is 2.15. The largest absolute Gasteiger partial charge is 0.0875 e. The Hall–Kier alpha value is 0.480. The minimum atomic E-state index is 0.889. The van der Waals surface area contributed by atoms with Crippen molar-refractivity contribution < 1.29 is 0 Å². The van der Waals surface area contributed by atoms with Crippen molar-refractivity contribution in [2.45, 2.75) is 25.7 Å². The van der Waals surface area contributed by atoms with Gasteiger partial charge in [-0.2, -0.15) is 0 Å². The van der Waals surface area contributed by atoms with Gasteiger partial charge < -0.3 is 0 Å². The topological polar surface area (TPSA) is 0 Å². The zero-order valence-electron chi connectivity index (χ0n) is 4.36. The lowest BCUT2D eigenvalue weighted by molar-refractivity contribution is 0.673. The maximum atomic E-state index is 3.35. The standard InChI is InChI=1S/C6H10Br/c7-5-6-3-1-2-4-6/h5-6H,1-4H2. The van der Waals surface area contributed by atoms with Gasteiger partial charge >= 0.3 is 0 Å². The summed E-state index contributed by atoms with van der Waals surface area (Å²) in [5.74, 6) is 0.889. The maximum absolute atomic E-state index is 3.35. The second kappa shape index (κ2) is 2.71. The summed E-state index contributed by atoms with van der Waals surface area (Å²) in [7, 11) is 0. The molecular formula is C6H10Br. The zero-order valence-corrected chi connectivity index (χ0v) is 5.95. The Bertz CT molecular complexity index is 46.1. The minimum Gasteiger partial charge on any atom is -0.0875 e. The molecule has 0 atom stereocenters. The first-order chi connectivity index (χ1) is 3.43. The van der Waals surface area contributed by atoms with Gasteiger partial charge in [0.05, 0.1) is 0 Å². The van der Waals surface area contributed by atoms with Gasteiger partial charge in [0.15, 0.2) is 0 Å². The predicted molar refractivity (Wildman–Crippen MR) is 35.2 cm³/mol. The summed E-state index contributed by atoms with van der Waals surface area (Å²) in [6, 6.07) is 0. The molecule has 0 nitrogen and oxygen atoms in total. The Labute approximate surface area is 53.4 Å². The Kier molecular flexibility index (Phi) is 2.17. The molecular weight excluding hydrogens is 152 g/mol. The number of hydrogen-bond acceptors (Lipinski definition) is 0. The second-order valence-electron chi connectivity index (χ2n) is 2.17.